The molecule has 1 aliphatic carbocycles. The standard InChI is InChI=1S/C15H20N6O2/c1-20-12(4-5-17-20)15-13-9-23-11(8-21(13)19-18-15)7-16-14(22)6-10-2-3-10/h4-5,10-11H,2-3,6-9H2,1H3,(H,16,22). The summed E-state index contributed by atoms with van der Waals surface area (Å²) in [6, 6.07) is 1.91. The lowest BCUT2D eigenvalue weighted by atomic mass is 10.2. The van der Waals surface area contributed by atoms with Crippen molar-refractivity contribution in [3.8, 4) is 11.4 Å². The summed E-state index contributed by atoms with van der Waals surface area (Å²) in [4.78, 5) is 11.8. The Morgan fingerprint density at radius 2 is 2.35 bits per heavy atom. The van der Waals surface area contributed by atoms with Gasteiger partial charge in [-0.1, -0.05) is 5.21 Å². The van der Waals surface area contributed by atoms with Crippen LogP contribution in [-0.4, -0.2) is 43.3 Å². The molecule has 2 aliphatic rings. The zero-order chi connectivity index (χ0) is 15.8. The second-order valence-corrected chi connectivity index (χ2v) is 6.29. The highest BCUT2D eigenvalue weighted by atomic mass is 16.5. The molecule has 2 aromatic rings. The maximum Gasteiger partial charge on any atom is 0.220 e. The summed E-state index contributed by atoms with van der Waals surface area (Å²) in [7, 11) is 1.88. The van der Waals surface area contributed by atoms with E-state index in [0.29, 0.717) is 32.0 Å². The zero-order valence-corrected chi connectivity index (χ0v) is 13.1. The van der Waals surface area contributed by atoms with Gasteiger partial charge in [0.2, 0.25) is 5.91 Å². The van der Waals surface area contributed by atoms with Crippen LogP contribution in [0.25, 0.3) is 11.4 Å². The Hall–Kier alpha value is -2.22. The van der Waals surface area contributed by atoms with Gasteiger partial charge in [0, 0.05) is 26.2 Å². The van der Waals surface area contributed by atoms with Crippen molar-refractivity contribution < 1.29 is 9.53 Å². The van der Waals surface area contributed by atoms with E-state index in [1.54, 1.807) is 10.9 Å². The molecule has 1 aliphatic heterocycles. The topological polar surface area (TPSA) is 86.9 Å². The Balaban J connectivity index is 1.39. The van der Waals surface area contributed by atoms with Gasteiger partial charge in [0.05, 0.1) is 30.6 Å². The molecule has 8 nitrogen and oxygen atoms in total. The van der Waals surface area contributed by atoms with Crippen molar-refractivity contribution in [1.29, 1.82) is 0 Å². The smallest absolute Gasteiger partial charge is 0.220 e. The van der Waals surface area contributed by atoms with Crippen LogP contribution in [0.4, 0.5) is 0 Å². The van der Waals surface area contributed by atoms with E-state index in [9.17, 15) is 4.79 Å². The van der Waals surface area contributed by atoms with Crippen molar-refractivity contribution in [1.82, 2.24) is 30.1 Å². The number of hydrogen-bond donors (Lipinski definition) is 1. The molecule has 1 saturated carbocycles. The predicted molar refractivity (Wildman–Crippen MR) is 81.2 cm³/mol. The number of fused-ring (bicyclic) bond motifs is 1. The van der Waals surface area contributed by atoms with Crippen LogP contribution in [0.15, 0.2) is 12.3 Å². The minimum atomic E-state index is -0.0632. The molecule has 23 heavy (non-hydrogen) atoms. The van der Waals surface area contributed by atoms with Gasteiger partial charge in [-0.05, 0) is 24.8 Å². The van der Waals surface area contributed by atoms with Crippen LogP contribution < -0.4 is 5.32 Å². The summed E-state index contributed by atoms with van der Waals surface area (Å²) in [5, 5.41) is 15.6. The lowest BCUT2D eigenvalue weighted by Gasteiger charge is -2.24. The fourth-order valence-corrected chi connectivity index (χ4v) is 2.88. The van der Waals surface area contributed by atoms with Crippen molar-refractivity contribution in [3.63, 3.8) is 0 Å². The number of carbonyl (C=O) groups excluding carboxylic acids is 1. The van der Waals surface area contributed by atoms with Crippen molar-refractivity contribution in [2.75, 3.05) is 6.54 Å². The first-order chi connectivity index (χ1) is 11.2. The van der Waals surface area contributed by atoms with Crippen LogP contribution in [0.3, 0.4) is 0 Å². The van der Waals surface area contributed by atoms with E-state index in [-0.39, 0.29) is 12.0 Å². The van der Waals surface area contributed by atoms with E-state index < -0.39 is 0 Å². The van der Waals surface area contributed by atoms with E-state index in [1.807, 2.05) is 17.8 Å². The largest absolute Gasteiger partial charge is 0.368 e. The SMILES string of the molecule is Cn1nccc1-c1nnn2c1COC(CNC(=O)CC1CC1)C2. The molecule has 8 heteroatoms. The fourth-order valence-electron chi connectivity index (χ4n) is 2.88. The second kappa shape index (κ2) is 5.77. The number of ether oxygens (including phenoxy) is 1. The maximum atomic E-state index is 11.8. The van der Waals surface area contributed by atoms with Gasteiger partial charge in [0.25, 0.3) is 0 Å². The lowest BCUT2D eigenvalue weighted by molar-refractivity contribution is -0.122. The molecule has 4 rings (SSSR count). The molecule has 0 bridgehead atoms. The normalized spacial score (nSPS) is 20.3. The van der Waals surface area contributed by atoms with E-state index >= 15 is 0 Å². The Labute approximate surface area is 133 Å². The molecule has 1 atom stereocenters. The molecule has 0 radical (unpaired) electrons. The number of aromatic nitrogens is 5. The fraction of sp³-hybridized carbons (Fsp3) is 0.600. The van der Waals surface area contributed by atoms with Crippen LogP contribution in [0.2, 0.25) is 0 Å². The van der Waals surface area contributed by atoms with Crippen LogP contribution in [0.1, 0.15) is 25.0 Å². The summed E-state index contributed by atoms with van der Waals surface area (Å²) < 4.78 is 9.50. The van der Waals surface area contributed by atoms with E-state index in [2.05, 4.69) is 20.7 Å². The lowest BCUT2D eigenvalue weighted by Crippen LogP contribution is -2.39. The highest BCUT2D eigenvalue weighted by Crippen LogP contribution is 2.32. The van der Waals surface area contributed by atoms with Gasteiger partial charge in [-0.15, -0.1) is 5.10 Å². The van der Waals surface area contributed by atoms with Crippen molar-refractivity contribution in [2.24, 2.45) is 13.0 Å². The van der Waals surface area contributed by atoms with Crippen molar-refractivity contribution in [2.45, 2.75) is 38.5 Å². The molecule has 2 aromatic heterocycles. The minimum Gasteiger partial charge on any atom is -0.368 e. The Bertz CT molecular complexity index is 717. The van der Waals surface area contributed by atoms with Gasteiger partial charge in [0.1, 0.15) is 5.69 Å². The van der Waals surface area contributed by atoms with Gasteiger partial charge in [0.15, 0.2) is 0 Å². The molecular formula is C15H20N6O2. The van der Waals surface area contributed by atoms with Crippen LogP contribution in [0.5, 0.6) is 0 Å². The van der Waals surface area contributed by atoms with Crippen molar-refractivity contribution in [3.05, 3.63) is 18.0 Å². The number of amides is 1. The van der Waals surface area contributed by atoms with Crippen LogP contribution in [-0.2, 0) is 29.7 Å². The number of nitrogens with zero attached hydrogens (tertiary/aromatic N) is 5. The van der Waals surface area contributed by atoms with E-state index in [1.165, 1.54) is 12.8 Å². The quantitative estimate of drug-likeness (QED) is 0.867. The number of aryl methyl sites for hydroxylation is 1. The second-order valence-electron chi connectivity index (χ2n) is 6.29. The third-order valence-electron chi connectivity index (χ3n) is 4.43. The highest BCUT2D eigenvalue weighted by molar-refractivity contribution is 5.76. The number of hydrogen-bond acceptors (Lipinski definition) is 5. The summed E-state index contributed by atoms with van der Waals surface area (Å²) in [5.74, 6) is 0.724. The Morgan fingerprint density at radius 3 is 3.09 bits per heavy atom. The van der Waals surface area contributed by atoms with Crippen LogP contribution >= 0.6 is 0 Å². The number of nitrogens with one attached hydrogen (secondary N) is 1. The summed E-state index contributed by atoms with van der Waals surface area (Å²) in [5.41, 5.74) is 2.68. The average Bonchev–Trinajstić information content (AvgIpc) is 3.10. The summed E-state index contributed by atoms with van der Waals surface area (Å²) in [6.07, 6.45) is 4.69. The van der Waals surface area contributed by atoms with E-state index in [4.69, 9.17) is 4.74 Å². The van der Waals surface area contributed by atoms with Gasteiger partial charge >= 0.3 is 0 Å². The first kappa shape index (κ1) is 14.4. The number of carbonyl (C=O) groups is 1. The molecule has 0 spiro atoms. The molecule has 0 saturated heterocycles. The van der Waals surface area contributed by atoms with Gasteiger partial charge in [-0.3, -0.25) is 9.48 Å². The highest BCUT2D eigenvalue weighted by Gasteiger charge is 2.27. The first-order valence-electron chi connectivity index (χ1n) is 7.99. The third kappa shape index (κ3) is 2.98. The third-order valence-corrected chi connectivity index (χ3v) is 4.43. The van der Waals surface area contributed by atoms with Crippen LogP contribution in [0, 0.1) is 5.92 Å². The van der Waals surface area contributed by atoms with Gasteiger partial charge in [-0.25, -0.2) is 4.68 Å². The molecule has 1 N–H and O–H groups in total. The first-order valence-corrected chi connectivity index (χ1v) is 7.99. The maximum absolute atomic E-state index is 11.8. The molecule has 1 fully saturated rings. The molecular weight excluding hydrogens is 296 g/mol. The molecule has 3 heterocycles. The molecule has 1 unspecified atom stereocenters. The minimum absolute atomic E-state index is 0.0632. The average molecular weight is 316 g/mol. The zero-order valence-electron chi connectivity index (χ0n) is 13.1. The molecule has 1 amide bonds. The van der Waals surface area contributed by atoms with Gasteiger partial charge in [-0.2, -0.15) is 5.10 Å². The Morgan fingerprint density at radius 1 is 1.48 bits per heavy atom. The van der Waals surface area contributed by atoms with E-state index in [0.717, 1.165) is 17.1 Å². The summed E-state index contributed by atoms with van der Waals surface area (Å²) in [6.45, 7) is 1.56. The molecule has 0 aromatic carbocycles. The van der Waals surface area contributed by atoms with Gasteiger partial charge < -0.3 is 10.1 Å². The molecule has 122 valence electrons. The van der Waals surface area contributed by atoms with Crippen molar-refractivity contribution >= 4 is 5.91 Å². The monoisotopic (exact) mass is 316 g/mol. The predicted octanol–water partition coefficient (Wildman–Crippen LogP) is 0.494. The summed E-state index contributed by atoms with van der Waals surface area (Å²) >= 11 is 0. The Kier molecular flexibility index (Phi) is 3.60. The number of rotatable bonds is 5.